The standard InChI is InChI=1S/C7H12N4O6S/c8-9-6(12)5-2-1-4-3-10(5)7(13)11(4)17-18(14,15)16/h4-5H,1-3,8H2,(H,9,12)(H,14,15,16). The Morgan fingerprint density at radius 1 is 1.50 bits per heavy atom. The average molecular weight is 280 g/mol. The number of hydrogen-bond acceptors (Lipinski definition) is 6. The van der Waals surface area contributed by atoms with Crippen molar-refractivity contribution in [1.29, 1.82) is 0 Å². The van der Waals surface area contributed by atoms with Crippen molar-refractivity contribution in [3.05, 3.63) is 0 Å². The molecule has 18 heavy (non-hydrogen) atoms. The number of urea groups is 1. The first-order chi connectivity index (χ1) is 8.33. The van der Waals surface area contributed by atoms with Gasteiger partial charge in [-0.25, -0.2) is 10.6 Å². The van der Waals surface area contributed by atoms with Crippen LogP contribution in [0.1, 0.15) is 12.8 Å². The Morgan fingerprint density at radius 2 is 2.17 bits per heavy atom. The molecule has 2 atom stereocenters. The highest BCUT2D eigenvalue weighted by Crippen LogP contribution is 2.30. The second-order valence-electron chi connectivity index (χ2n) is 4.02. The van der Waals surface area contributed by atoms with Gasteiger partial charge in [0, 0.05) is 6.54 Å². The van der Waals surface area contributed by atoms with Gasteiger partial charge in [0.25, 0.3) is 5.91 Å². The van der Waals surface area contributed by atoms with Crippen molar-refractivity contribution in [3.63, 3.8) is 0 Å². The Hall–Kier alpha value is -1.43. The number of hydrogen-bond donors (Lipinski definition) is 3. The molecule has 0 aromatic rings. The second-order valence-corrected chi connectivity index (χ2v) is 5.02. The van der Waals surface area contributed by atoms with Crippen LogP contribution in [0.5, 0.6) is 0 Å². The van der Waals surface area contributed by atoms with Crippen LogP contribution in [0, 0.1) is 0 Å². The molecule has 4 N–H and O–H groups in total. The maximum Gasteiger partial charge on any atom is 0.418 e. The predicted octanol–water partition coefficient (Wildman–Crippen LogP) is -2.02. The Labute approximate surface area is 103 Å². The fraction of sp³-hybridized carbons (Fsp3) is 0.714. The number of fused-ring (bicyclic) bond motifs is 2. The molecule has 0 saturated carbocycles. The van der Waals surface area contributed by atoms with E-state index in [9.17, 15) is 18.0 Å². The largest absolute Gasteiger partial charge is 0.418 e. The molecule has 2 unspecified atom stereocenters. The lowest BCUT2D eigenvalue weighted by Gasteiger charge is -2.28. The van der Waals surface area contributed by atoms with E-state index >= 15 is 0 Å². The zero-order valence-corrected chi connectivity index (χ0v) is 9.96. The summed E-state index contributed by atoms with van der Waals surface area (Å²) in [5.74, 6) is 4.47. The number of hydroxylamine groups is 2. The Morgan fingerprint density at radius 3 is 2.72 bits per heavy atom. The number of amides is 3. The van der Waals surface area contributed by atoms with E-state index in [1.807, 2.05) is 5.43 Å². The molecule has 0 aromatic carbocycles. The van der Waals surface area contributed by atoms with Crippen LogP contribution in [-0.4, -0.2) is 53.5 Å². The molecule has 10 nitrogen and oxygen atoms in total. The van der Waals surface area contributed by atoms with Gasteiger partial charge in [0.15, 0.2) is 0 Å². The minimum absolute atomic E-state index is 0.145. The summed E-state index contributed by atoms with van der Waals surface area (Å²) in [4.78, 5) is 24.4. The number of nitrogens with zero attached hydrogens (tertiary/aromatic N) is 2. The van der Waals surface area contributed by atoms with Crippen molar-refractivity contribution in [3.8, 4) is 0 Å². The van der Waals surface area contributed by atoms with Crippen molar-refractivity contribution in [1.82, 2.24) is 15.4 Å². The normalized spacial score (nSPS) is 27.6. The first kappa shape index (κ1) is 13.0. The number of carbonyl (C=O) groups excluding carboxylic acids is 2. The van der Waals surface area contributed by atoms with Crippen LogP contribution < -0.4 is 11.3 Å². The van der Waals surface area contributed by atoms with Gasteiger partial charge < -0.3 is 4.90 Å². The van der Waals surface area contributed by atoms with Crippen molar-refractivity contribution < 1.29 is 26.8 Å². The third-order valence-corrected chi connectivity index (χ3v) is 3.29. The number of rotatable bonds is 3. The maximum atomic E-state index is 11.8. The number of nitrogens with one attached hydrogen (secondary N) is 1. The quantitative estimate of drug-likeness (QED) is 0.234. The second kappa shape index (κ2) is 4.35. The summed E-state index contributed by atoms with van der Waals surface area (Å²) in [6.45, 7) is 0.145. The van der Waals surface area contributed by atoms with Crippen LogP contribution >= 0.6 is 0 Å². The van der Waals surface area contributed by atoms with Gasteiger partial charge in [0.2, 0.25) is 0 Å². The first-order valence-corrected chi connectivity index (χ1v) is 6.47. The number of carbonyl (C=O) groups is 2. The summed E-state index contributed by atoms with van der Waals surface area (Å²) in [5, 5.41) is 0.569. The van der Waals surface area contributed by atoms with Gasteiger partial charge in [-0.05, 0) is 12.8 Å². The van der Waals surface area contributed by atoms with E-state index < -0.39 is 34.4 Å². The van der Waals surface area contributed by atoms with Crippen LogP contribution in [0.15, 0.2) is 0 Å². The topological polar surface area (TPSA) is 142 Å². The van der Waals surface area contributed by atoms with Crippen molar-refractivity contribution in [2.24, 2.45) is 5.84 Å². The van der Waals surface area contributed by atoms with Gasteiger partial charge in [-0.1, -0.05) is 0 Å². The van der Waals surface area contributed by atoms with Crippen molar-refractivity contribution in [2.75, 3.05) is 6.54 Å². The van der Waals surface area contributed by atoms with E-state index in [2.05, 4.69) is 4.28 Å². The minimum atomic E-state index is -4.77. The smallest absolute Gasteiger partial charge is 0.309 e. The fourth-order valence-corrected chi connectivity index (χ4v) is 2.59. The number of piperidine rings is 1. The van der Waals surface area contributed by atoms with Crippen LogP contribution in [0.25, 0.3) is 0 Å². The van der Waals surface area contributed by atoms with E-state index in [1.54, 1.807) is 0 Å². The molecule has 0 aliphatic carbocycles. The molecule has 102 valence electrons. The molecule has 2 rings (SSSR count). The molecule has 3 amide bonds. The van der Waals surface area contributed by atoms with Crippen LogP contribution in [0.2, 0.25) is 0 Å². The molecule has 2 saturated heterocycles. The van der Waals surface area contributed by atoms with Crippen LogP contribution in [0.4, 0.5) is 4.79 Å². The van der Waals surface area contributed by atoms with E-state index in [1.165, 1.54) is 0 Å². The highest BCUT2D eigenvalue weighted by Gasteiger charge is 2.49. The minimum Gasteiger partial charge on any atom is -0.309 e. The Kier molecular flexibility index (Phi) is 3.14. The van der Waals surface area contributed by atoms with E-state index in [0.29, 0.717) is 17.9 Å². The molecular weight excluding hydrogens is 268 g/mol. The van der Waals surface area contributed by atoms with E-state index in [4.69, 9.17) is 10.4 Å². The van der Waals surface area contributed by atoms with E-state index in [0.717, 1.165) is 4.90 Å². The third-order valence-electron chi connectivity index (χ3n) is 2.94. The van der Waals surface area contributed by atoms with Gasteiger partial charge in [-0.15, -0.1) is 4.28 Å². The number of hydrazine groups is 1. The molecule has 0 spiro atoms. The van der Waals surface area contributed by atoms with Crippen LogP contribution in [0.3, 0.4) is 0 Å². The van der Waals surface area contributed by atoms with Gasteiger partial charge in [0.05, 0.1) is 6.04 Å². The highest BCUT2D eigenvalue weighted by molar-refractivity contribution is 7.80. The van der Waals surface area contributed by atoms with Gasteiger partial charge in [-0.3, -0.25) is 14.8 Å². The molecule has 2 fully saturated rings. The summed E-state index contributed by atoms with van der Waals surface area (Å²) >= 11 is 0. The lowest BCUT2D eigenvalue weighted by atomic mass is 10.0. The summed E-state index contributed by atoms with van der Waals surface area (Å²) in [7, 11) is -4.77. The monoisotopic (exact) mass is 280 g/mol. The lowest BCUT2D eigenvalue weighted by Crippen LogP contribution is -2.51. The molecule has 2 heterocycles. The zero-order chi connectivity index (χ0) is 13.5. The predicted molar refractivity (Wildman–Crippen MR) is 55.7 cm³/mol. The molecule has 0 aromatic heterocycles. The maximum absolute atomic E-state index is 11.8. The fourth-order valence-electron chi connectivity index (χ4n) is 2.20. The average Bonchev–Trinajstić information content (AvgIpc) is 2.52. The van der Waals surface area contributed by atoms with Crippen molar-refractivity contribution in [2.45, 2.75) is 24.9 Å². The molecule has 2 aliphatic rings. The first-order valence-electron chi connectivity index (χ1n) is 5.11. The molecule has 11 heteroatoms. The molecule has 2 bridgehead atoms. The lowest BCUT2D eigenvalue weighted by molar-refractivity contribution is -0.126. The molecular formula is C7H12N4O6S. The Balaban J connectivity index is 2.17. The summed E-state index contributed by atoms with van der Waals surface area (Å²) in [6.07, 6.45) is 0.709. The number of nitrogens with two attached hydrogens (primary N) is 1. The highest BCUT2D eigenvalue weighted by atomic mass is 32.3. The Bertz CT molecular complexity index is 478. The van der Waals surface area contributed by atoms with Crippen LogP contribution in [-0.2, 0) is 19.5 Å². The summed E-state index contributed by atoms with van der Waals surface area (Å²) in [6, 6.07) is -2.06. The van der Waals surface area contributed by atoms with Crippen molar-refractivity contribution >= 4 is 22.3 Å². The molecule has 2 aliphatic heterocycles. The zero-order valence-electron chi connectivity index (χ0n) is 9.14. The van der Waals surface area contributed by atoms with Gasteiger partial charge >= 0.3 is 16.4 Å². The van der Waals surface area contributed by atoms with E-state index in [-0.39, 0.29) is 6.54 Å². The van der Waals surface area contributed by atoms with Gasteiger partial charge in [-0.2, -0.15) is 13.5 Å². The molecule has 0 radical (unpaired) electrons. The third kappa shape index (κ3) is 2.25. The summed E-state index contributed by atoms with van der Waals surface area (Å²) in [5.41, 5.74) is 1.94. The summed E-state index contributed by atoms with van der Waals surface area (Å²) < 4.78 is 34.0. The SMILES string of the molecule is NNC(=O)C1CCC2CN1C(=O)N2OS(=O)(=O)O. The van der Waals surface area contributed by atoms with Gasteiger partial charge in [0.1, 0.15) is 6.04 Å².